The predicted molar refractivity (Wildman–Crippen MR) is 39.5 cm³/mol. The van der Waals surface area contributed by atoms with Crippen molar-refractivity contribution in [2.24, 2.45) is 0 Å². The van der Waals surface area contributed by atoms with Crippen LogP contribution in [0.25, 0.3) is 0 Å². The predicted octanol–water partition coefficient (Wildman–Crippen LogP) is 1.04. The quantitative estimate of drug-likeness (QED) is 0.498. The van der Waals surface area contributed by atoms with E-state index in [4.69, 9.17) is 5.26 Å². The van der Waals surface area contributed by atoms with Gasteiger partial charge in [0.25, 0.3) is 5.91 Å². The molecular formula is C8H5FN2O. The fourth-order valence-corrected chi connectivity index (χ4v) is 0.763. The molecule has 0 aliphatic carbocycles. The summed E-state index contributed by atoms with van der Waals surface area (Å²) in [4.78, 5) is 10.9. The molecule has 0 spiro atoms. The summed E-state index contributed by atoms with van der Waals surface area (Å²) in [5, 5.41) is 9.91. The highest BCUT2D eigenvalue weighted by atomic mass is 19.1. The molecular weight excluding hydrogens is 159 g/mol. The fraction of sp³-hybridized carbons (Fsp3) is 0. The second-order valence-corrected chi connectivity index (χ2v) is 2.05. The standard InChI is InChI=1S/C8H5FN2O/c9-7-4-2-1-3-6(7)8(12)11-5-10/h1-4H,(H,11,12). The summed E-state index contributed by atoms with van der Waals surface area (Å²) in [5.41, 5.74) is -0.126. The van der Waals surface area contributed by atoms with Gasteiger partial charge in [0.1, 0.15) is 5.82 Å². The highest BCUT2D eigenvalue weighted by Gasteiger charge is 2.08. The van der Waals surface area contributed by atoms with E-state index in [0.717, 1.165) is 6.07 Å². The maximum atomic E-state index is 12.8. The van der Waals surface area contributed by atoms with E-state index in [9.17, 15) is 9.18 Å². The van der Waals surface area contributed by atoms with E-state index >= 15 is 0 Å². The number of hydrogen-bond acceptors (Lipinski definition) is 2. The molecule has 0 aliphatic rings. The number of nitriles is 1. The average Bonchev–Trinajstić information content (AvgIpc) is 2.05. The van der Waals surface area contributed by atoms with Gasteiger partial charge in [0, 0.05) is 0 Å². The van der Waals surface area contributed by atoms with E-state index in [1.165, 1.54) is 24.4 Å². The van der Waals surface area contributed by atoms with Gasteiger partial charge < -0.3 is 0 Å². The van der Waals surface area contributed by atoms with Crippen LogP contribution in [0.3, 0.4) is 0 Å². The van der Waals surface area contributed by atoms with Crippen LogP contribution in [-0.4, -0.2) is 5.91 Å². The Labute approximate surface area is 68.4 Å². The molecule has 0 atom stereocenters. The van der Waals surface area contributed by atoms with Gasteiger partial charge in [0.05, 0.1) is 5.56 Å². The first-order valence-corrected chi connectivity index (χ1v) is 3.19. The van der Waals surface area contributed by atoms with Crippen molar-refractivity contribution in [3.05, 3.63) is 35.6 Å². The molecule has 1 aromatic rings. The zero-order valence-corrected chi connectivity index (χ0v) is 6.04. The van der Waals surface area contributed by atoms with Crippen molar-refractivity contribution >= 4 is 5.91 Å². The molecule has 0 saturated carbocycles. The Morgan fingerprint density at radius 2 is 2.17 bits per heavy atom. The lowest BCUT2D eigenvalue weighted by Gasteiger charge is -1.97. The Kier molecular flexibility index (Phi) is 2.38. The van der Waals surface area contributed by atoms with E-state index in [1.807, 2.05) is 5.32 Å². The Bertz CT molecular complexity index is 343. The summed E-state index contributed by atoms with van der Waals surface area (Å²) in [6.07, 6.45) is 1.43. The van der Waals surface area contributed by atoms with Gasteiger partial charge in [-0.1, -0.05) is 12.1 Å². The molecule has 1 amide bonds. The number of nitrogens with zero attached hydrogens (tertiary/aromatic N) is 1. The number of rotatable bonds is 1. The smallest absolute Gasteiger partial charge is 0.267 e. The van der Waals surface area contributed by atoms with Crippen molar-refractivity contribution in [1.29, 1.82) is 5.26 Å². The highest BCUT2D eigenvalue weighted by molar-refractivity contribution is 5.95. The van der Waals surface area contributed by atoms with Gasteiger partial charge in [-0.05, 0) is 12.1 Å². The van der Waals surface area contributed by atoms with Gasteiger partial charge in [-0.3, -0.25) is 10.1 Å². The SMILES string of the molecule is N#CNC(=O)c1ccccc1F. The van der Waals surface area contributed by atoms with Gasteiger partial charge in [-0.15, -0.1) is 0 Å². The Balaban J connectivity index is 2.97. The Morgan fingerprint density at radius 3 is 2.75 bits per heavy atom. The summed E-state index contributed by atoms with van der Waals surface area (Å²) in [6, 6.07) is 5.46. The van der Waals surface area contributed by atoms with Crippen molar-refractivity contribution in [2.75, 3.05) is 0 Å². The molecule has 0 fully saturated rings. The van der Waals surface area contributed by atoms with Crippen molar-refractivity contribution in [1.82, 2.24) is 5.32 Å². The van der Waals surface area contributed by atoms with Crippen LogP contribution in [0.2, 0.25) is 0 Å². The molecule has 60 valence electrons. The summed E-state index contributed by atoms with van der Waals surface area (Å²) in [6.45, 7) is 0. The van der Waals surface area contributed by atoms with Crippen LogP contribution in [-0.2, 0) is 0 Å². The summed E-state index contributed by atoms with van der Waals surface area (Å²) < 4.78 is 12.8. The third-order valence-electron chi connectivity index (χ3n) is 1.29. The minimum absolute atomic E-state index is 0.126. The van der Waals surface area contributed by atoms with Crippen LogP contribution in [0.1, 0.15) is 10.4 Å². The number of nitrogens with one attached hydrogen (secondary N) is 1. The topological polar surface area (TPSA) is 52.9 Å². The average molecular weight is 164 g/mol. The molecule has 3 nitrogen and oxygen atoms in total. The summed E-state index contributed by atoms with van der Waals surface area (Å²) in [5.74, 6) is -1.36. The van der Waals surface area contributed by atoms with E-state index in [1.54, 1.807) is 0 Å². The first-order chi connectivity index (χ1) is 5.75. The molecule has 0 bridgehead atoms. The molecule has 12 heavy (non-hydrogen) atoms. The first kappa shape index (κ1) is 8.21. The fourth-order valence-electron chi connectivity index (χ4n) is 0.763. The number of carbonyl (C=O) groups excluding carboxylic acids is 1. The van der Waals surface area contributed by atoms with Crippen LogP contribution >= 0.6 is 0 Å². The largest absolute Gasteiger partial charge is 0.268 e. The highest BCUT2D eigenvalue weighted by Crippen LogP contribution is 2.04. The third-order valence-corrected chi connectivity index (χ3v) is 1.29. The van der Waals surface area contributed by atoms with Crippen molar-refractivity contribution < 1.29 is 9.18 Å². The summed E-state index contributed by atoms with van der Waals surface area (Å²) >= 11 is 0. The van der Waals surface area contributed by atoms with Gasteiger partial charge in [0.15, 0.2) is 6.19 Å². The van der Waals surface area contributed by atoms with E-state index in [-0.39, 0.29) is 5.56 Å². The Hall–Kier alpha value is -1.89. The van der Waals surface area contributed by atoms with Crippen LogP contribution < -0.4 is 5.32 Å². The first-order valence-electron chi connectivity index (χ1n) is 3.19. The Morgan fingerprint density at radius 1 is 1.50 bits per heavy atom. The lowest BCUT2D eigenvalue weighted by atomic mass is 10.2. The number of halogens is 1. The molecule has 1 N–H and O–H groups in total. The van der Waals surface area contributed by atoms with E-state index < -0.39 is 11.7 Å². The number of carbonyl (C=O) groups is 1. The molecule has 0 aliphatic heterocycles. The zero-order valence-electron chi connectivity index (χ0n) is 6.04. The van der Waals surface area contributed by atoms with E-state index in [2.05, 4.69) is 0 Å². The number of amides is 1. The van der Waals surface area contributed by atoms with Gasteiger partial charge in [-0.25, -0.2) is 4.39 Å². The lowest BCUT2D eigenvalue weighted by molar-refractivity contribution is 0.0969. The molecule has 1 rings (SSSR count). The minimum Gasteiger partial charge on any atom is -0.268 e. The van der Waals surface area contributed by atoms with E-state index in [0.29, 0.717) is 0 Å². The van der Waals surface area contributed by atoms with Gasteiger partial charge >= 0.3 is 0 Å². The van der Waals surface area contributed by atoms with Crippen molar-refractivity contribution in [3.63, 3.8) is 0 Å². The monoisotopic (exact) mass is 164 g/mol. The second kappa shape index (κ2) is 3.49. The zero-order chi connectivity index (χ0) is 8.97. The molecule has 0 radical (unpaired) electrons. The lowest BCUT2D eigenvalue weighted by Crippen LogP contribution is -2.18. The number of benzene rings is 1. The molecule has 0 saturated heterocycles. The molecule has 0 heterocycles. The normalized spacial score (nSPS) is 8.67. The molecule has 1 aromatic carbocycles. The van der Waals surface area contributed by atoms with Crippen LogP contribution in [0.4, 0.5) is 4.39 Å². The van der Waals surface area contributed by atoms with Crippen LogP contribution in [0.15, 0.2) is 24.3 Å². The maximum Gasteiger partial charge on any atom is 0.267 e. The summed E-state index contributed by atoms with van der Waals surface area (Å²) in [7, 11) is 0. The molecule has 0 unspecified atom stereocenters. The maximum absolute atomic E-state index is 12.8. The van der Waals surface area contributed by atoms with Gasteiger partial charge in [0.2, 0.25) is 0 Å². The second-order valence-electron chi connectivity index (χ2n) is 2.05. The molecule has 4 heteroatoms. The number of hydrogen-bond donors (Lipinski definition) is 1. The van der Waals surface area contributed by atoms with Crippen LogP contribution in [0, 0.1) is 17.3 Å². The van der Waals surface area contributed by atoms with Crippen molar-refractivity contribution in [3.8, 4) is 6.19 Å². The minimum atomic E-state index is -0.726. The van der Waals surface area contributed by atoms with Crippen LogP contribution in [0.5, 0.6) is 0 Å². The van der Waals surface area contributed by atoms with Gasteiger partial charge in [-0.2, -0.15) is 5.26 Å². The molecule has 0 aromatic heterocycles. The van der Waals surface area contributed by atoms with Crippen molar-refractivity contribution in [2.45, 2.75) is 0 Å². The third kappa shape index (κ3) is 1.58.